The topological polar surface area (TPSA) is 81.1 Å². The Balaban J connectivity index is 2.63. The Labute approximate surface area is 93.6 Å². The fourth-order valence-electron chi connectivity index (χ4n) is 1.42. The van der Waals surface area contributed by atoms with Crippen molar-refractivity contribution >= 4 is 38.9 Å². The Morgan fingerprint density at radius 1 is 1.60 bits per heavy atom. The number of aliphatic carboxylic acids is 1. The molecule has 0 aliphatic carbocycles. The molecule has 0 aliphatic heterocycles. The fourth-order valence-corrected chi connectivity index (χ4v) is 1.77. The minimum absolute atomic E-state index is 0.177. The van der Waals surface area contributed by atoms with E-state index in [-0.39, 0.29) is 12.5 Å². The zero-order chi connectivity index (χ0) is 11.0. The molecule has 0 fully saturated rings. The summed E-state index contributed by atoms with van der Waals surface area (Å²) in [5.74, 6) is -0.727. The number of hydrogen-bond acceptors (Lipinski definition) is 3. The fraction of sp³-hybridized carbons (Fsp3) is 0.111. The number of anilines is 1. The van der Waals surface area contributed by atoms with E-state index in [0.29, 0.717) is 5.52 Å². The molecule has 1 aromatic heterocycles. The van der Waals surface area contributed by atoms with Crippen LogP contribution in [0.2, 0.25) is 0 Å². The largest absolute Gasteiger partial charge is 0.480 e. The Bertz CT molecular complexity index is 535. The van der Waals surface area contributed by atoms with Gasteiger partial charge in [-0.05, 0) is 18.2 Å². The number of carboxylic acids is 1. The average Bonchev–Trinajstić information content (AvgIpc) is 2.41. The number of carboxylic acid groups (broad SMARTS) is 1. The van der Waals surface area contributed by atoms with Crippen LogP contribution in [-0.4, -0.2) is 20.6 Å². The predicted molar refractivity (Wildman–Crippen MR) is 59.5 cm³/mol. The van der Waals surface area contributed by atoms with Crippen LogP contribution in [-0.2, 0) is 11.3 Å². The minimum Gasteiger partial charge on any atom is -0.480 e. The van der Waals surface area contributed by atoms with Gasteiger partial charge in [0.1, 0.15) is 6.54 Å². The highest BCUT2D eigenvalue weighted by molar-refractivity contribution is 9.10. The Morgan fingerprint density at radius 3 is 3.00 bits per heavy atom. The first-order valence-corrected chi connectivity index (χ1v) is 5.00. The highest BCUT2D eigenvalue weighted by Gasteiger charge is 2.10. The Hall–Kier alpha value is -1.56. The van der Waals surface area contributed by atoms with Crippen LogP contribution in [0.25, 0.3) is 11.0 Å². The van der Waals surface area contributed by atoms with E-state index in [9.17, 15) is 4.79 Å². The van der Waals surface area contributed by atoms with Crippen LogP contribution in [0, 0.1) is 0 Å². The van der Waals surface area contributed by atoms with E-state index >= 15 is 0 Å². The van der Waals surface area contributed by atoms with Crippen LogP contribution >= 0.6 is 15.9 Å². The summed E-state index contributed by atoms with van der Waals surface area (Å²) in [5.41, 5.74) is 7.03. The smallest absolute Gasteiger partial charge is 0.323 e. The third-order valence-corrected chi connectivity index (χ3v) is 2.53. The van der Waals surface area contributed by atoms with E-state index in [4.69, 9.17) is 10.8 Å². The summed E-state index contributed by atoms with van der Waals surface area (Å²) in [6.45, 7) is -0.177. The van der Waals surface area contributed by atoms with Crippen LogP contribution in [0.5, 0.6) is 0 Å². The second-order valence-corrected chi connectivity index (χ2v) is 4.00. The minimum atomic E-state index is -0.941. The number of aromatic nitrogens is 2. The molecule has 5 nitrogen and oxygen atoms in total. The van der Waals surface area contributed by atoms with Crippen molar-refractivity contribution in [3.63, 3.8) is 0 Å². The van der Waals surface area contributed by atoms with Crippen molar-refractivity contribution in [2.75, 3.05) is 5.73 Å². The maximum atomic E-state index is 10.6. The number of nitrogens with two attached hydrogens (primary N) is 1. The second kappa shape index (κ2) is 3.54. The van der Waals surface area contributed by atoms with Gasteiger partial charge >= 0.3 is 5.97 Å². The molecule has 0 bridgehead atoms. The third kappa shape index (κ3) is 1.80. The second-order valence-electron chi connectivity index (χ2n) is 3.08. The van der Waals surface area contributed by atoms with Crippen molar-refractivity contribution in [3.05, 3.63) is 22.7 Å². The molecule has 0 unspecified atom stereocenters. The molecule has 2 aromatic rings. The van der Waals surface area contributed by atoms with Gasteiger partial charge in [0.05, 0.1) is 11.0 Å². The lowest BCUT2D eigenvalue weighted by Gasteiger charge is -2.01. The van der Waals surface area contributed by atoms with Crippen LogP contribution in [0.3, 0.4) is 0 Å². The zero-order valence-electron chi connectivity index (χ0n) is 7.64. The normalized spacial score (nSPS) is 10.7. The molecule has 15 heavy (non-hydrogen) atoms. The molecule has 0 saturated carbocycles. The monoisotopic (exact) mass is 269 g/mol. The summed E-state index contributed by atoms with van der Waals surface area (Å²) < 4.78 is 2.35. The van der Waals surface area contributed by atoms with Crippen LogP contribution < -0.4 is 5.73 Å². The van der Waals surface area contributed by atoms with Gasteiger partial charge in [0.2, 0.25) is 5.95 Å². The number of imidazole rings is 1. The maximum Gasteiger partial charge on any atom is 0.323 e. The summed E-state index contributed by atoms with van der Waals surface area (Å²) in [6, 6.07) is 5.40. The van der Waals surface area contributed by atoms with Crippen molar-refractivity contribution in [3.8, 4) is 0 Å². The number of halogens is 1. The van der Waals surface area contributed by atoms with E-state index in [0.717, 1.165) is 9.99 Å². The van der Waals surface area contributed by atoms with Gasteiger partial charge in [0.15, 0.2) is 0 Å². The highest BCUT2D eigenvalue weighted by Crippen LogP contribution is 2.21. The molecule has 0 saturated heterocycles. The molecule has 3 N–H and O–H groups in total. The number of benzene rings is 1. The van der Waals surface area contributed by atoms with Crippen molar-refractivity contribution in [2.24, 2.45) is 0 Å². The summed E-state index contributed by atoms with van der Waals surface area (Å²) in [6.07, 6.45) is 0. The van der Waals surface area contributed by atoms with Crippen LogP contribution in [0.4, 0.5) is 5.95 Å². The van der Waals surface area contributed by atoms with Gasteiger partial charge in [0.25, 0.3) is 0 Å². The number of rotatable bonds is 2. The predicted octanol–water partition coefficient (Wildman–Crippen LogP) is 1.47. The number of nitrogens with zero attached hydrogens (tertiary/aromatic N) is 2. The third-order valence-electron chi connectivity index (χ3n) is 2.03. The highest BCUT2D eigenvalue weighted by atomic mass is 79.9. The van der Waals surface area contributed by atoms with Crippen LogP contribution in [0.15, 0.2) is 22.7 Å². The summed E-state index contributed by atoms with van der Waals surface area (Å²) in [5, 5.41) is 8.71. The Morgan fingerprint density at radius 2 is 2.33 bits per heavy atom. The lowest BCUT2D eigenvalue weighted by atomic mass is 10.3. The molecule has 0 amide bonds. The lowest BCUT2D eigenvalue weighted by molar-refractivity contribution is -0.137. The summed E-state index contributed by atoms with van der Waals surface area (Å²) in [4.78, 5) is 14.7. The van der Waals surface area contributed by atoms with Crippen molar-refractivity contribution in [1.82, 2.24) is 9.55 Å². The lowest BCUT2D eigenvalue weighted by Crippen LogP contribution is -2.11. The summed E-state index contributed by atoms with van der Waals surface area (Å²) >= 11 is 3.31. The van der Waals surface area contributed by atoms with E-state index in [2.05, 4.69) is 20.9 Å². The van der Waals surface area contributed by atoms with Gasteiger partial charge in [-0.2, -0.15) is 0 Å². The molecule has 6 heteroatoms. The van der Waals surface area contributed by atoms with Gasteiger partial charge in [-0.3, -0.25) is 9.36 Å². The molecule has 0 atom stereocenters. The van der Waals surface area contributed by atoms with E-state index in [1.807, 2.05) is 6.07 Å². The Kier molecular flexibility index (Phi) is 2.36. The molecule has 0 aliphatic rings. The zero-order valence-corrected chi connectivity index (χ0v) is 9.23. The number of nitrogen functional groups attached to an aromatic ring is 1. The van der Waals surface area contributed by atoms with E-state index in [1.165, 1.54) is 4.57 Å². The molecule has 1 heterocycles. The van der Waals surface area contributed by atoms with Gasteiger partial charge < -0.3 is 10.8 Å². The van der Waals surface area contributed by atoms with Gasteiger partial charge in [-0.1, -0.05) is 15.9 Å². The molecular formula is C9H8BrN3O2. The van der Waals surface area contributed by atoms with Gasteiger partial charge in [-0.15, -0.1) is 0 Å². The van der Waals surface area contributed by atoms with Crippen molar-refractivity contribution < 1.29 is 9.90 Å². The van der Waals surface area contributed by atoms with Gasteiger partial charge in [-0.25, -0.2) is 4.98 Å². The first-order chi connectivity index (χ1) is 7.08. The number of hydrogen-bond donors (Lipinski definition) is 2. The summed E-state index contributed by atoms with van der Waals surface area (Å²) in [7, 11) is 0. The first-order valence-electron chi connectivity index (χ1n) is 4.21. The SMILES string of the molecule is Nc1nc2cc(Br)ccc2n1CC(=O)O. The molecular weight excluding hydrogens is 262 g/mol. The molecule has 2 rings (SSSR count). The first kappa shape index (κ1) is 9.97. The standard InChI is InChI=1S/C9H8BrN3O2/c10-5-1-2-7-6(3-5)12-9(11)13(7)4-8(14)15/h1-3H,4H2,(H2,11,12)(H,14,15). The molecule has 0 spiro atoms. The number of carbonyl (C=O) groups is 1. The van der Waals surface area contributed by atoms with E-state index < -0.39 is 5.97 Å². The van der Waals surface area contributed by atoms with Crippen molar-refractivity contribution in [2.45, 2.75) is 6.54 Å². The average molecular weight is 270 g/mol. The van der Waals surface area contributed by atoms with Crippen molar-refractivity contribution in [1.29, 1.82) is 0 Å². The van der Waals surface area contributed by atoms with E-state index in [1.54, 1.807) is 12.1 Å². The molecule has 0 radical (unpaired) electrons. The maximum absolute atomic E-state index is 10.6. The molecule has 1 aromatic carbocycles. The molecule has 78 valence electrons. The number of fused-ring (bicyclic) bond motifs is 1. The quantitative estimate of drug-likeness (QED) is 0.865. The van der Waals surface area contributed by atoms with Crippen LogP contribution in [0.1, 0.15) is 0 Å². The van der Waals surface area contributed by atoms with Gasteiger partial charge in [0, 0.05) is 4.47 Å².